The van der Waals surface area contributed by atoms with Gasteiger partial charge in [-0.2, -0.15) is 0 Å². The van der Waals surface area contributed by atoms with E-state index in [0.717, 1.165) is 198 Å². The van der Waals surface area contributed by atoms with Gasteiger partial charge in [0.15, 0.2) is 0 Å². The quantitative estimate of drug-likeness (QED) is 0.0197. The molecule has 0 N–H and O–H groups in total. The lowest BCUT2D eigenvalue weighted by Gasteiger charge is -2.34. The van der Waals surface area contributed by atoms with Crippen molar-refractivity contribution in [2.24, 2.45) is 0 Å². The molecule has 9 saturated heterocycles. The van der Waals surface area contributed by atoms with Crippen molar-refractivity contribution in [3.05, 3.63) is 34.7 Å². The summed E-state index contributed by atoms with van der Waals surface area (Å²) in [5.74, 6) is 6.30. The van der Waals surface area contributed by atoms with Crippen LogP contribution in [-0.2, 0) is 70.3 Å². The summed E-state index contributed by atoms with van der Waals surface area (Å²) in [6.45, 7) is 31.5. The number of aryl methyl sites for hydroxylation is 1. The smallest absolute Gasteiger partial charge is 0.306 e. The number of morpholine rings is 1. The van der Waals surface area contributed by atoms with Crippen molar-refractivity contribution >= 4 is 138 Å². The van der Waals surface area contributed by atoms with Crippen molar-refractivity contribution in [2.75, 3.05) is 160 Å². The monoisotopic (exact) mass is 1760 g/mol. The molecule has 1 unspecified atom stereocenters. The molecule has 9 fully saturated rings. The molecule has 0 bridgehead atoms. The van der Waals surface area contributed by atoms with Crippen LogP contribution in [0.2, 0.25) is 0 Å². The molecule has 0 aliphatic carbocycles. The van der Waals surface area contributed by atoms with Gasteiger partial charge in [0.1, 0.15) is 38.3 Å². The molecule has 29 heteroatoms. The molecule has 19 nitrogen and oxygen atoms in total. The van der Waals surface area contributed by atoms with Gasteiger partial charge in [-0.1, -0.05) is 165 Å². The molecule has 1 aromatic heterocycles. The normalized spacial score (nSPS) is 22.9. The lowest BCUT2D eigenvalue weighted by molar-refractivity contribution is -0.181. The molecule has 10 aliphatic heterocycles. The molecule has 11 rings (SSSR count). The number of carbonyl (C=O) groups is 5. The lowest BCUT2D eigenvalue weighted by Crippen LogP contribution is -2.47. The van der Waals surface area contributed by atoms with E-state index in [0.29, 0.717) is 58.5 Å². The average Bonchev–Trinajstić information content (AvgIpc) is 0.918. The van der Waals surface area contributed by atoms with Gasteiger partial charge in [-0.15, -0.1) is 0 Å². The number of piperidine rings is 2. The second kappa shape index (κ2) is 61.5. The second-order valence-electron chi connectivity index (χ2n) is 31.9. The number of rotatable bonds is 42. The van der Waals surface area contributed by atoms with Crippen molar-refractivity contribution in [3.8, 4) is 5.75 Å². The van der Waals surface area contributed by atoms with E-state index in [9.17, 15) is 24.0 Å². The highest BCUT2D eigenvalue weighted by molar-refractivity contribution is 8.78. The second-order valence-corrected chi connectivity index (χ2v) is 45.8. The lowest BCUT2D eigenvalue weighted by atomic mass is 10.1. The number of hydrogen-bond donors (Lipinski definition) is 0. The Bertz CT molecular complexity index is 2740. The fourth-order valence-electron chi connectivity index (χ4n) is 14.6. The van der Waals surface area contributed by atoms with E-state index in [-0.39, 0.29) is 42.6 Å². The molecule has 10 aliphatic rings. The number of unbranched alkanes of at least 4 members (excludes halogenated alkanes) is 5. The van der Waals surface area contributed by atoms with Crippen LogP contribution in [0.3, 0.4) is 0 Å². The maximum atomic E-state index is 12.4. The Morgan fingerprint density at radius 2 is 0.885 bits per heavy atom. The Kier molecular flexibility index (Phi) is 54.1. The third kappa shape index (κ3) is 46.4. The van der Waals surface area contributed by atoms with E-state index in [1.54, 1.807) is 6.20 Å². The van der Waals surface area contributed by atoms with Crippen molar-refractivity contribution in [1.82, 2.24) is 29.5 Å². The first-order valence-electron chi connectivity index (χ1n) is 43.4. The molecular formula is C84H144N6O13S10. The number of piperazine rings is 1. The predicted molar refractivity (Wildman–Crippen MR) is 486 cm³/mol. The van der Waals surface area contributed by atoms with Crippen molar-refractivity contribution in [1.29, 1.82) is 0 Å². The van der Waals surface area contributed by atoms with Crippen LogP contribution in [0, 0.1) is 6.92 Å². The fraction of sp³-hybridized carbons (Fsp3) is 0.857. The van der Waals surface area contributed by atoms with Crippen LogP contribution >= 0.6 is 108 Å². The van der Waals surface area contributed by atoms with Gasteiger partial charge in [0.2, 0.25) is 5.79 Å². The highest BCUT2D eigenvalue weighted by Gasteiger charge is 2.32. The van der Waals surface area contributed by atoms with Crippen LogP contribution in [0.4, 0.5) is 0 Å². The zero-order valence-electron chi connectivity index (χ0n) is 69.9. The number of carbonyl (C=O) groups excluding carboxylic acids is 5. The van der Waals surface area contributed by atoms with Gasteiger partial charge < -0.3 is 42.8 Å². The number of hydrogen-bond acceptors (Lipinski definition) is 29. The molecule has 1 aromatic rings. The van der Waals surface area contributed by atoms with Crippen LogP contribution in [0.25, 0.3) is 0 Å². The summed E-state index contributed by atoms with van der Waals surface area (Å²) < 4.78 is 44.3. The standard InChI is InChI=1S/C20H36N2O3S2.C19H27NO4S2.C17H32N2O2S2.C15H27NO2S2.C13H22O2S2/c23-20(7-3-2-6-19-8-15-26-27-19)25-18(16-21-9-4-1-5-10-21)17-22-11-13-24-14-12-22;1-13-18-16(12-23-19(2,3)24-18)14(10-20-13)11-22-17(21)7-5-4-6-15-8-9-25-26-15;1-2-8-18-9-11-19(12-10-18)13-14-21-17(20)6-4-3-5-16-7-15-22-23-16;17-15(7-3-2-6-14-8-13-19-20-14)18-12-11-16-9-4-1-5-10-16;1-11(2)7-9-15-13(14)6-4-3-5-12-8-10-16-17-12/h18-19H,1-17H2;10,15H,4-9,11-12H2,1-3H3;16H,2-15H2,1H3;14H,1-13H2;7,12H,3-6,8-10H2,1-2H3/t18?,19-;15-;16-;14-;12-/m11111/s1. The molecular weight excluding hydrogens is 1620 g/mol. The molecule has 0 aromatic carbocycles. The molecule has 6 atom stereocenters. The van der Waals surface area contributed by atoms with Crippen LogP contribution in [0.1, 0.15) is 257 Å². The van der Waals surface area contributed by atoms with E-state index in [1.165, 1.54) is 170 Å². The third-order valence-corrected chi connectivity index (χ3v) is 36.5. The molecule has 0 radical (unpaired) electrons. The highest BCUT2D eigenvalue weighted by Crippen LogP contribution is 2.44. The summed E-state index contributed by atoms with van der Waals surface area (Å²) in [6, 6.07) is 0. The number of likely N-dealkylation sites (tertiary alicyclic amines) is 2. The molecule has 648 valence electrons. The van der Waals surface area contributed by atoms with Crippen LogP contribution in [0.5, 0.6) is 5.75 Å². The van der Waals surface area contributed by atoms with Gasteiger partial charge in [0.25, 0.3) is 0 Å². The zero-order valence-corrected chi connectivity index (χ0v) is 78.1. The maximum Gasteiger partial charge on any atom is 0.306 e. The fourth-order valence-corrected chi connectivity index (χ4v) is 29.7. The Hall–Kier alpha value is -0.740. The minimum absolute atomic E-state index is 0.00119. The van der Waals surface area contributed by atoms with Crippen LogP contribution < -0.4 is 4.74 Å². The van der Waals surface area contributed by atoms with Gasteiger partial charge in [-0.25, -0.2) is 0 Å². The molecule has 11 heterocycles. The Labute approximate surface area is 722 Å². The van der Waals surface area contributed by atoms with E-state index < -0.39 is 5.79 Å². The first-order chi connectivity index (χ1) is 55.0. The average molecular weight is 1770 g/mol. The molecule has 0 amide bonds. The number of ether oxygens (including phenoxy) is 8. The van der Waals surface area contributed by atoms with Gasteiger partial charge in [0, 0.05) is 184 Å². The predicted octanol–water partition coefficient (Wildman–Crippen LogP) is 19.4. The first-order valence-corrected chi connectivity index (χ1v) is 55.3. The number of aromatic nitrogens is 1. The Morgan fingerprint density at radius 3 is 1.30 bits per heavy atom. The molecule has 113 heavy (non-hydrogen) atoms. The number of allylic oxidation sites excluding steroid dienone is 1. The number of nitrogens with zero attached hydrogens (tertiary/aromatic N) is 6. The van der Waals surface area contributed by atoms with Crippen molar-refractivity contribution in [2.45, 2.75) is 298 Å². The van der Waals surface area contributed by atoms with Gasteiger partial charge >= 0.3 is 29.8 Å². The highest BCUT2D eigenvalue weighted by atomic mass is 33.1. The largest absolute Gasteiger partial charge is 0.464 e. The molecule has 0 spiro atoms. The number of esters is 5. The topological polar surface area (TPSA) is 188 Å². The summed E-state index contributed by atoms with van der Waals surface area (Å²) >= 11 is 0. The zero-order chi connectivity index (χ0) is 80.2. The first kappa shape index (κ1) is 99.4. The minimum atomic E-state index is -0.662. The summed E-state index contributed by atoms with van der Waals surface area (Å²) in [5, 5.41) is 4.05. The third-order valence-electron chi connectivity index (χ3n) is 21.4. The summed E-state index contributed by atoms with van der Waals surface area (Å²) in [6.07, 6.45) is 38.9. The Morgan fingerprint density at radius 1 is 0.496 bits per heavy atom. The van der Waals surface area contributed by atoms with E-state index in [2.05, 4.69) is 36.4 Å². The van der Waals surface area contributed by atoms with Crippen molar-refractivity contribution in [3.63, 3.8) is 0 Å². The van der Waals surface area contributed by atoms with Gasteiger partial charge in [-0.05, 0) is 188 Å². The maximum absolute atomic E-state index is 12.4. The van der Waals surface area contributed by atoms with E-state index in [1.807, 2.05) is 149 Å². The van der Waals surface area contributed by atoms with Crippen LogP contribution in [0.15, 0.2) is 17.8 Å². The minimum Gasteiger partial charge on any atom is -0.464 e. The van der Waals surface area contributed by atoms with E-state index in [4.69, 9.17) is 37.9 Å². The van der Waals surface area contributed by atoms with Gasteiger partial charge in [0.05, 0.1) is 25.5 Å². The van der Waals surface area contributed by atoms with Crippen molar-refractivity contribution < 1.29 is 61.9 Å². The van der Waals surface area contributed by atoms with E-state index >= 15 is 0 Å². The summed E-state index contributed by atoms with van der Waals surface area (Å²) in [7, 11) is 20.0. The number of pyridine rings is 1. The van der Waals surface area contributed by atoms with Crippen LogP contribution in [-0.4, -0.2) is 257 Å². The SMILES string of the molecule is CC(C)=CCOC(=O)CCCC[C@@H]1CCSS1.CCCN1CCN(CCOC(=O)CCCC[C@@H]2CCSS2)CC1.Cc1ncc(COC(=O)CCCC[C@@H]2CCSS2)c2c1OC(C)(C)OC2.O=C(CCCC[C@@H]1CCSS1)OC(CN1CCCCC1)CN1CCOCC1.O=C(CCCC[C@@H]1CCSS1)OCCN1CCCCC1. The summed E-state index contributed by atoms with van der Waals surface area (Å²) in [5.41, 5.74) is 3.80. The number of fused-ring (bicyclic) bond motifs is 1. The Balaban J connectivity index is 0.000000198. The van der Waals surface area contributed by atoms with Gasteiger partial charge in [-0.3, -0.25) is 48.6 Å². The molecule has 0 saturated carbocycles. The summed E-state index contributed by atoms with van der Waals surface area (Å²) in [4.78, 5) is 75.8.